The normalized spacial score (nSPS) is 26.4. The lowest BCUT2D eigenvalue weighted by Crippen LogP contribution is -2.45. The molecule has 7 heteroatoms. The van der Waals surface area contributed by atoms with Crippen molar-refractivity contribution in [2.45, 2.75) is 39.2 Å². The van der Waals surface area contributed by atoms with Crippen molar-refractivity contribution in [2.24, 2.45) is 18.9 Å². The second-order valence-corrected chi connectivity index (χ2v) is 6.60. The minimum atomic E-state index is -0.901. The lowest BCUT2D eigenvalue weighted by molar-refractivity contribution is -0.150. The average molecular weight is 321 g/mol. The molecule has 1 aliphatic heterocycles. The number of aromatic nitrogens is 2. The third kappa shape index (κ3) is 2.68. The summed E-state index contributed by atoms with van der Waals surface area (Å²) in [5.41, 5.74) is 1.58. The Hall–Kier alpha value is -2.05. The molecule has 1 aromatic rings. The Balaban J connectivity index is 1.69. The maximum Gasteiger partial charge on any atom is 0.326 e. The van der Waals surface area contributed by atoms with E-state index in [-0.39, 0.29) is 18.4 Å². The first kappa shape index (κ1) is 15.8. The minimum Gasteiger partial charge on any atom is -0.480 e. The van der Waals surface area contributed by atoms with Crippen LogP contribution in [-0.2, 0) is 16.6 Å². The van der Waals surface area contributed by atoms with E-state index >= 15 is 0 Å². The highest BCUT2D eigenvalue weighted by Gasteiger charge is 2.49. The predicted octanol–water partition coefficient (Wildman–Crippen LogP) is 1.13. The zero-order valence-corrected chi connectivity index (χ0v) is 13.8. The van der Waals surface area contributed by atoms with E-state index in [2.05, 4.69) is 5.10 Å². The number of carboxylic acids is 1. The lowest BCUT2D eigenvalue weighted by atomic mass is 9.94. The molecular weight excluding hydrogens is 298 g/mol. The molecule has 23 heavy (non-hydrogen) atoms. The molecule has 0 aromatic carbocycles. The summed E-state index contributed by atoms with van der Waals surface area (Å²) in [7, 11) is 1.82. The van der Waals surface area contributed by atoms with Gasteiger partial charge in [0, 0.05) is 13.6 Å². The number of nitrogens with zero attached hydrogens (tertiary/aromatic N) is 3. The Morgan fingerprint density at radius 1 is 1.35 bits per heavy atom. The first-order valence-electron chi connectivity index (χ1n) is 8.05. The van der Waals surface area contributed by atoms with Crippen LogP contribution in [0.4, 0.5) is 0 Å². The molecule has 3 rings (SSSR count). The molecule has 1 saturated carbocycles. The quantitative estimate of drug-likeness (QED) is 0.898. The molecule has 1 N–H and O–H groups in total. The fourth-order valence-electron chi connectivity index (χ4n) is 4.06. The van der Waals surface area contributed by atoms with Gasteiger partial charge in [0.15, 0.2) is 12.4 Å². The van der Waals surface area contributed by atoms with Gasteiger partial charge in [-0.3, -0.25) is 9.48 Å². The maximum absolute atomic E-state index is 12.5. The number of amides is 1. The van der Waals surface area contributed by atoms with Crippen LogP contribution in [0, 0.1) is 25.7 Å². The molecule has 2 heterocycles. The van der Waals surface area contributed by atoms with Crippen molar-refractivity contribution < 1.29 is 19.4 Å². The van der Waals surface area contributed by atoms with E-state index in [4.69, 9.17) is 4.74 Å². The summed E-state index contributed by atoms with van der Waals surface area (Å²) >= 11 is 0. The van der Waals surface area contributed by atoms with Crippen LogP contribution >= 0.6 is 0 Å². The average Bonchev–Trinajstić information content (AvgIpc) is 3.11. The highest BCUT2D eigenvalue weighted by Crippen LogP contribution is 2.42. The number of hydrogen-bond acceptors (Lipinski definition) is 4. The molecule has 7 nitrogen and oxygen atoms in total. The van der Waals surface area contributed by atoms with Crippen LogP contribution in [0.5, 0.6) is 5.75 Å². The molecule has 2 fully saturated rings. The van der Waals surface area contributed by atoms with Crippen LogP contribution in [0.25, 0.3) is 0 Å². The summed E-state index contributed by atoms with van der Waals surface area (Å²) in [6.07, 6.45) is 2.97. The van der Waals surface area contributed by atoms with Crippen LogP contribution in [-0.4, -0.2) is 50.9 Å². The second-order valence-electron chi connectivity index (χ2n) is 6.60. The molecule has 1 aromatic heterocycles. The molecule has 0 radical (unpaired) electrons. The SMILES string of the molecule is Cc1nn(C)c(C)c1OCC(=O)N1CC2CCCC2C1C(=O)O. The maximum atomic E-state index is 12.5. The predicted molar refractivity (Wildman–Crippen MR) is 82.1 cm³/mol. The number of carboxylic acid groups (broad SMARTS) is 1. The van der Waals surface area contributed by atoms with Gasteiger partial charge in [-0.2, -0.15) is 5.10 Å². The largest absolute Gasteiger partial charge is 0.480 e. The number of aliphatic carboxylic acids is 1. The van der Waals surface area contributed by atoms with E-state index < -0.39 is 12.0 Å². The van der Waals surface area contributed by atoms with Crippen LogP contribution in [0.1, 0.15) is 30.7 Å². The fourth-order valence-corrected chi connectivity index (χ4v) is 4.06. The molecule has 1 saturated heterocycles. The topological polar surface area (TPSA) is 84.7 Å². The molecule has 0 spiro atoms. The molecule has 1 amide bonds. The van der Waals surface area contributed by atoms with Crippen LogP contribution in [0.2, 0.25) is 0 Å². The van der Waals surface area contributed by atoms with Gasteiger partial charge < -0.3 is 14.7 Å². The molecule has 3 unspecified atom stereocenters. The van der Waals surface area contributed by atoms with Crippen molar-refractivity contribution in [3.8, 4) is 5.75 Å². The smallest absolute Gasteiger partial charge is 0.326 e. The van der Waals surface area contributed by atoms with E-state index in [9.17, 15) is 14.7 Å². The van der Waals surface area contributed by atoms with Gasteiger partial charge in [-0.1, -0.05) is 6.42 Å². The first-order chi connectivity index (χ1) is 10.9. The minimum absolute atomic E-state index is 0.0957. The van der Waals surface area contributed by atoms with Gasteiger partial charge in [0.1, 0.15) is 11.7 Å². The number of aryl methyl sites for hydroxylation is 2. The van der Waals surface area contributed by atoms with E-state index in [1.54, 1.807) is 4.68 Å². The van der Waals surface area contributed by atoms with Gasteiger partial charge in [0.25, 0.3) is 5.91 Å². The monoisotopic (exact) mass is 321 g/mol. The van der Waals surface area contributed by atoms with Crippen molar-refractivity contribution in [1.82, 2.24) is 14.7 Å². The summed E-state index contributed by atoms with van der Waals surface area (Å²) in [6.45, 7) is 4.10. The zero-order chi connectivity index (χ0) is 16.7. The molecule has 2 aliphatic rings. The van der Waals surface area contributed by atoms with E-state index in [1.807, 2.05) is 20.9 Å². The van der Waals surface area contributed by atoms with Crippen LogP contribution in [0.3, 0.4) is 0 Å². The van der Waals surface area contributed by atoms with E-state index in [0.717, 1.165) is 30.7 Å². The Kier molecular flexibility index (Phi) is 4.04. The fraction of sp³-hybridized carbons (Fsp3) is 0.688. The number of carbonyl (C=O) groups is 2. The molecule has 0 bridgehead atoms. The lowest BCUT2D eigenvalue weighted by Gasteiger charge is -2.24. The zero-order valence-electron chi connectivity index (χ0n) is 13.8. The number of ether oxygens (including phenoxy) is 1. The van der Waals surface area contributed by atoms with E-state index in [0.29, 0.717) is 18.2 Å². The van der Waals surface area contributed by atoms with Crippen LogP contribution < -0.4 is 4.74 Å². The summed E-state index contributed by atoms with van der Waals surface area (Å²) in [5.74, 6) is -0.136. The standard InChI is InChI=1S/C16H23N3O4/c1-9-15(10(2)18(3)17-9)23-8-13(20)19-7-11-5-4-6-12(11)14(19)16(21)22/h11-12,14H,4-8H2,1-3H3,(H,21,22). The Morgan fingerprint density at radius 2 is 2.09 bits per heavy atom. The van der Waals surface area contributed by atoms with Crippen molar-refractivity contribution in [1.29, 1.82) is 0 Å². The summed E-state index contributed by atoms with van der Waals surface area (Å²) in [4.78, 5) is 25.6. The highest BCUT2D eigenvalue weighted by molar-refractivity contribution is 5.85. The summed E-state index contributed by atoms with van der Waals surface area (Å²) in [5, 5.41) is 13.8. The second kappa shape index (κ2) is 5.86. The van der Waals surface area contributed by atoms with Crippen molar-refractivity contribution in [2.75, 3.05) is 13.2 Å². The number of fused-ring (bicyclic) bond motifs is 1. The number of rotatable bonds is 4. The van der Waals surface area contributed by atoms with Gasteiger partial charge in [-0.25, -0.2) is 4.79 Å². The molecular formula is C16H23N3O4. The Labute approximate surface area is 135 Å². The van der Waals surface area contributed by atoms with Gasteiger partial charge in [0.2, 0.25) is 0 Å². The molecule has 1 aliphatic carbocycles. The number of hydrogen-bond donors (Lipinski definition) is 1. The third-order valence-corrected chi connectivity index (χ3v) is 5.25. The van der Waals surface area contributed by atoms with Gasteiger partial charge in [-0.05, 0) is 38.5 Å². The molecule has 3 atom stereocenters. The van der Waals surface area contributed by atoms with Gasteiger partial charge in [-0.15, -0.1) is 0 Å². The number of carbonyl (C=O) groups excluding carboxylic acids is 1. The summed E-state index contributed by atoms with van der Waals surface area (Å²) < 4.78 is 7.35. The molecule has 126 valence electrons. The van der Waals surface area contributed by atoms with Crippen molar-refractivity contribution in [3.63, 3.8) is 0 Å². The third-order valence-electron chi connectivity index (χ3n) is 5.25. The van der Waals surface area contributed by atoms with Gasteiger partial charge >= 0.3 is 5.97 Å². The summed E-state index contributed by atoms with van der Waals surface area (Å²) in [6, 6.07) is -0.699. The Bertz CT molecular complexity index is 640. The Morgan fingerprint density at radius 3 is 2.70 bits per heavy atom. The highest BCUT2D eigenvalue weighted by atomic mass is 16.5. The number of likely N-dealkylation sites (tertiary alicyclic amines) is 1. The van der Waals surface area contributed by atoms with Crippen LogP contribution in [0.15, 0.2) is 0 Å². The van der Waals surface area contributed by atoms with Crippen molar-refractivity contribution >= 4 is 11.9 Å². The van der Waals surface area contributed by atoms with E-state index in [1.165, 1.54) is 4.90 Å². The van der Waals surface area contributed by atoms with Crippen molar-refractivity contribution in [3.05, 3.63) is 11.4 Å². The first-order valence-corrected chi connectivity index (χ1v) is 8.05. The van der Waals surface area contributed by atoms with Gasteiger partial charge in [0.05, 0.1) is 5.69 Å².